The summed E-state index contributed by atoms with van der Waals surface area (Å²) in [5.74, 6) is -0.186. The molecular weight excluding hydrogens is 248 g/mol. The molecule has 18 heavy (non-hydrogen) atoms. The lowest BCUT2D eigenvalue weighted by atomic mass is 10.2. The fourth-order valence-corrected chi connectivity index (χ4v) is 2.16. The van der Waals surface area contributed by atoms with Gasteiger partial charge in [0.25, 0.3) is 0 Å². The van der Waals surface area contributed by atoms with Crippen LogP contribution in [0.25, 0.3) is 11.0 Å². The monoisotopic (exact) mass is 264 g/mol. The van der Waals surface area contributed by atoms with Crippen LogP contribution in [-0.2, 0) is 8.98 Å². The topological polar surface area (TPSA) is 55.0 Å². The molecule has 0 aliphatic carbocycles. The van der Waals surface area contributed by atoms with Gasteiger partial charge in [0.05, 0.1) is 11.0 Å². The molecule has 0 radical (unpaired) electrons. The number of nitrogens with one attached hydrogen (secondary N) is 1. The van der Waals surface area contributed by atoms with E-state index in [1.165, 1.54) is 0 Å². The summed E-state index contributed by atoms with van der Waals surface area (Å²) in [6.45, 7) is 2.11. The number of hydrogen-bond acceptors (Lipinski definition) is 4. The van der Waals surface area contributed by atoms with Crippen LogP contribution in [0.1, 0.15) is 32.6 Å². The van der Waals surface area contributed by atoms with Gasteiger partial charge in [0.1, 0.15) is 12.0 Å². The normalized spacial score (nSPS) is 10.7. The first-order valence-corrected chi connectivity index (χ1v) is 6.86. The van der Waals surface area contributed by atoms with Gasteiger partial charge in [-0.1, -0.05) is 31.9 Å². The number of H-pyrrole nitrogens is 1. The molecule has 2 aromatic rings. The summed E-state index contributed by atoms with van der Waals surface area (Å²) in [6.07, 6.45) is 3.52. The molecule has 0 aliphatic heterocycles. The Balaban J connectivity index is 1.84. The number of imidazole rings is 1. The summed E-state index contributed by atoms with van der Waals surface area (Å²) in [5, 5.41) is 0.611. The van der Waals surface area contributed by atoms with Gasteiger partial charge in [0.2, 0.25) is 5.16 Å². The molecule has 1 N–H and O–H groups in total. The Labute approximate surface area is 110 Å². The molecule has 5 heteroatoms. The maximum absolute atomic E-state index is 11.4. The van der Waals surface area contributed by atoms with Crippen LogP contribution < -0.4 is 0 Å². The molecule has 0 atom stereocenters. The maximum Gasteiger partial charge on any atom is 0.318 e. The Morgan fingerprint density at radius 1 is 1.39 bits per heavy atom. The number of aromatic amines is 1. The van der Waals surface area contributed by atoms with E-state index in [1.807, 2.05) is 24.3 Å². The van der Waals surface area contributed by atoms with Crippen LogP contribution in [0.2, 0.25) is 0 Å². The van der Waals surface area contributed by atoms with E-state index in [9.17, 15) is 4.79 Å². The minimum atomic E-state index is -0.186. The van der Waals surface area contributed by atoms with Crippen molar-refractivity contribution in [2.24, 2.45) is 0 Å². The zero-order chi connectivity index (χ0) is 12.8. The number of aromatic nitrogens is 2. The highest BCUT2D eigenvalue weighted by Crippen LogP contribution is 2.20. The molecule has 0 saturated heterocycles. The Morgan fingerprint density at radius 2 is 2.22 bits per heavy atom. The number of unbranched alkanes of at least 4 members (excludes halogenated alkanes) is 2. The van der Waals surface area contributed by atoms with Gasteiger partial charge in [-0.3, -0.25) is 4.79 Å². The van der Waals surface area contributed by atoms with E-state index in [1.54, 1.807) is 0 Å². The molecule has 0 saturated carbocycles. The van der Waals surface area contributed by atoms with Gasteiger partial charge in [-0.2, -0.15) is 0 Å². The number of rotatable bonds is 6. The first kappa shape index (κ1) is 13.0. The van der Waals surface area contributed by atoms with Gasteiger partial charge in [-0.25, -0.2) is 4.98 Å². The molecule has 0 fully saturated rings. The van der Waals surface area contributed by atoms with Crippen molar-refractivity contribution in [3.63, 3.8) is 0 Å². The minimum absolute atomic E-state index is 0.186. The molecule has 0 spiro atoms. The van der Waals surface area contributed by atoms with Crippen molar-refractivity contribution >= 4 is 29.0 Å². The Bertz CT molecular complexity index is 491. The average Bonchev–Trinajstić information content (AvgIpc) is 2.79. The summed E-state index contributed by atoms with van der Waals surface area (Å²) in [4.78, 5) is 18.8. The molecule has 1 aromatic carbocycles. The zero-order valence-electron chi connectivity index (χ0n) is 10.3. The molecule has 2 rings (SSSR count). The van der Waals surface area contributed by atoms with Crippen molar-refractivity contribution in [3.05, 3.63) is 24.3 Å². The lowest BCUT2D eigenvalue weighted by molar-refractivity contribution is -0.133. The fourth-order valence-electron chi connectivity index (χ4n) is 1.62. The van der Waals surface area contributed by atoms with Gasteiger partial charge < -0.3 is 9.17 Å². The predicted molar refractivity (Wildman–Crippen MR) is 72.2 cm³/mol. The highest BCUT2D eigenvalue weighted by molar-refractivity contribution is 7.94. The maximum atomic E-state index is 11.4. The number of carbonyl (C=O) groups excluding carboxylic acids is 1. The molecule has 1 heterocycles. The van der Waals surface area contributed by atoms with E-state index in [4.69, 9.17) is 4.18 Å². The van der Waals surface area contributed by atoms with Crippen LogP contribution in [0.4, 0.5) is 0 Å². The molecule has 1 aromatic heterocycles. The van der Waals surface area contributed by atoms with Crippen LogP contribution in [0.15, 0.2) is 29.4 Å². The van der Waals surface area contributed by atoms with E-state index in [-0.39, 0.29) is 5.97 Å². The van der Waals surface area contributed by atoms with Gasteiger partial charge in [-0.15, -0.1) is 0 Å². The number of para-hydroxylation sites is 2. The second kappa shape index (κ2) is 6.44. The lowest BCUT2D eigenvalue weighted by Gasteiger charge is -1.99. The van der Waals surface area contributed by atoms with Crippen LogP contribution >= 0.6 is 12.0 Å². The summed E-state index contributed by atoms with van der Waals surface area (Å²) >= 11 is 0.996. The molecule has 0 bridgehead atoms. The largest absolute Gasteiger partial charge is 0.383 e. The zero-order valence-corrected chi connectivity index (χ0v) is 11.1. The van der Waals surface area contributed by atoms with Crippen LogP contribution in [0.5, 0.6) is 0 Å². The second-order valence-electron chi connectivity index (χ2n) is 4.05. The average molecular weight is 264 g/mol. The molecule has 4 nitrogen and oxygen atoms in total. The minimum Gasteiger partial charge on any atom is -0.383 e. The van der Waals surface area contributed by atoms with E-state index in [2.05, 4.69) is 16.9 Å². The van der Waals surface area contributed by atoms with E-state index >= 15 is 0 Å². The summed E-state index contributed by atoms with van der Waals surface area (Å²) < 4.78 is 5.09. The highest BCUT2D eigenvalue weighted by atomic mass is 32.2. The van der Waals surface area contributed by atoms with Crippen molar-refractivity contribution in [1.29, 1.82) is 0 Å². The van der Waals surface area contributed by atoms with Gasteiger partial charge in [0, 0.05) is 6.42 Å². The third-order valence-corrected chi connectivity index (χ3v) is 3.19. The van der Waals surface area contributed by atoms with E-state index in [0.717, 1.165) is 42.3 Å². The number of benzene rings is 1. The molecule has 0 unspecified atom stereocenters. The van der Waals surface area contributed by atoms with Gasteiger partial charge in [-0.05, 0) is 18.6 Å². The Hall–Kier alpha value is -1.49. The molecular formula is C13H16N2O2S. The number of nitrogens with zero attached hydrogens (tertiary/aromatic N) is 1. The van der Waals surface area contributed by atoms with Crippen molar-refractivity contribution in [2.75, 3.05) is 0 Å². The molecule has 0 aliphatic rings. The highest BCUT2D eigenvalue weighted by Gasteiger charge is 2.08. The third-order valence-electron chi connectivity index (χ3n) is 2.57. The lowest BCUT2D eigenvalue weighted by Crippen LogP contribution is -1.98. The summed E-state index contributed by atoms with van der Waals surface area (Å²) in [5.41, 5.74) is 1.82. The van der Waals surface area contributed by atoms with E-state index in [0.29, 0.717) is 11.6 Å². The SMILES string of the molecule is CCCCCC(=O)OSc1nc2ccccc2[nH]1. The van der Waals surface area contributed by atoms with Gasteiger partial charge in [0.15, 0.2) is 0 Å². The fraction of sp³-hybridized carbons (Fsp3) is 0.385. The van der Waals surface area contributed by atoms with Crippen molar-refractivity contribution in [1.82, 2.24) is 9.97 Å². The summed E-state index contributed by atoms with van der Waals surface area (Å²) in [6, 6.07) is 7.72. The Kier molecular flexibility index (Phi) is 4.64. The molecule has 96 valence electrons. The Morgan fingerprint density at radius 3 is 3.00 bits per heavy atom. The number of carbonyl (C=O) groups is 1. The van der Waals surface area contributed by atoms with E-state index < -0.39 is 0 Å². The first-order valence-electron chi connectivity index (χ1n) is 6.11. The second-order valence-corrected chi connectivity index (χ2v) is 4.77. The predicted octanol–water partition coefficient (Wildman–Crippen LogP) is 3.69. The standard InChI is InChI=1S/C13H16N2O2S/c1-2-3-4-9-12(16)17-18-13-14-10-7-5-6-8-11(10)15-13/h5-8H,2-4,9H2,1H3,(H,14,15). The van der Waals surface area contributed by atoms with Crippen molar-refractivity contribution in [3.8, 4) is 0 Å². The number of hydrogen-bond donors (Lipinski definition) is 1. The van der Waals surface area contributed by atoms with Crippen LogP contribution in [0.3, 0.4) is 0 Å². The molecule has 0 amide bonds. The van der Waals surface area contributed by atoms with Crippen LogP contribution in [-0.4, -0.2) is 15.9 Å². The van der Waals surface area contributed by atoms with Crippen molar-refractivity contribution < 1.29 is 8.98 Å². The number of fused-ring (bicyclic) bond motifs is 1. The van der Waals surface area contributed by atoms with Gasteiger partial charge >= 0.3 is 5.97 Å². The smallest absolute Gasteiger partial charge is 0.318 e. The quantitative estimate of drug-likeness (QED) is 0.638. The van der Waals surface area contributed by atoms with Crippen molar-refractivity contribution in [2.45, 2.75) is 37.8 Å². The summed E-state index contributed by atoms with van der Waals surface area (Å²) in [7, 11) is 0. The third kappa shape index (κ3) is 3.50. The first-order chi connectivity index (χ1) is 8.79. The van der Waals surface area contributed by atoms with Crippen LogP contribution in [0, 0.1) is 0 Å².